The van der Waals surface area contributed by atoms with Gasteiger partial charge in [-0.15, -0.1) is 0 Å². The van der Waals surface area contributed by atoms with Crippen molar-refractivity contribution >= 4 is 28.6 Å². The number of carboxylic acid groups (broad SMARTS) is 1. The number of carbonyl (C=O) groups is 1. The molecule has 136 valence electrons. The third-order valence-electron chi connectivity index (χ3n) is 5.23. The number of carboxylic acids is 1. The molecule has 0 saturated heterocycles. The maximum absolute atomic E-state index is 11.2. The van der Waals surface area contributed by atoms with Gasteiger partial charge in [-0.2, -0.15) is 0 Å². The largest absolute Gasteiger partial charge is 0.480 e. The molecule has 23 heavy (non-hydrogen) atoms. The van der Waals surface area contributed by atoms with E-state index in [0.29, 0.717) is 11.8 Å². The molecule has 0 aliphatic heterocycles. The fourth-order valence-corrected chi connectivity index (χ4v) is 4.50. The Hall–Kier alpha value is 0.200. The summed E-state index contributed by atoms with van der Waals surface area (Å²) in [4.78, 5) is 11.2. The first-order valence-corrected chi connectivity index (χ1v) is 11.3. The van der Waals surface area contributed by atoms with Crippen molar-refractivity contribution in [2.75, 3.05) is 0 Å². The zero-order valence-electron chi connectivity index (χ0n) is 15.1. The van der Waals surface area contributed by atoms with Gasteiger partial charge in [0.25, 0.3) is 0 Å². The Kier molecular flexibility index (Phi) is 12.5. The third-order valence-corrected chi connectivity index (χ3v) is 6.69. The van der Waals surface area contributed by atoms with Crippen LogP contribution < -0.4 is 0 Å². The summed E-state index contributed by atoms with van der Waals surface area (Å²) in [5, 5.41) is 9.21. The van der Waals surface area contributed by atoms with Gasteiger partial charge in [-0.25, -0.2) is 0 Å². The van der Waals surface area contributed by atoms with E-state index in [-0.39, 0.29) is 3.92 Å². The number of unbranched alkanes of at least 4 members (excludes halogenated alkanes) is 11. The summed E-state index contributed by atoms with van der Waals surface area (Å²) < 4.78 is -0.173. The number of aliphatic carboxylic acids is 1. The molecule has 2 atom stereocenters. The van der Waals surface area contributed by atoms with E-state index in [1.165, 1.54) is 89.9 Å². The van der Waals surface area contributed by atoms with Crippen LogP contribution in [0.4, 0.5) is 0 Å². The van der Waals surface area contributed by atoms with Gasteiger partial charge in [0, 0.05) is 0 Å². The third kappa shape index (κ3) is 10.6. The average Bonchev–Trinajstić information content (AvgIpc) is 3.36. The number of alkyl halides is 1. The van der Waals surface area contributed by atoms with Crippen molar-refractivity contribution in [2.24, 2.45) is 11.8 Å². The Labute approximate surface area is 157 Å². The Balaban J connectivity index is 1.89. The van der Waals surface area contributed by atoms with Crippen molar-refractivity contribution in [3.8, 4) is 0 Å². The van der Waals surface area contributed by atoms with Crippen LogP contribution in [0.5, 0.6) is 0 Å². The Morgan fingerprint density at radius 3 is 1.74 bits per heavy atom. The average molecular weight is 436 g/mol. The normalized spacial score (nSPS) is 17.1. The smallest absolute Gasteiger partial charge is 0.316 e. The zero-order valence-corrected chi connectivity index (χ0v) is 17.2. The number of rotatable bonds is 16. The first kappa shape index (κ1) is 21.2. The zero-order chi connectivity index (χ0) is 16.9. The van der Waals surface area contributed by atoms with Gasteiger partial charge in [0.2, 0.25) is 0 Å². The summed E-state index contributed by atoms with van der Waals surface area (Å²) in [6.45, 7) is 2.27. The molecule has 3 heteroatoms. The minimum absolute atomic E-state index is 0.173. The maximum atomic E-state index is 11.2. The van der Waals surface area contributed by atoms with E-state index in [2.05, 4.69) is 29.5 Å². The monoisotopic (exact) mass is 436 g/mol. The Morgan fingerprint density at radius 2 is 1.35 bits per heavy atom. The van der Waals surface area contributed by atoms with E-state index in [9.17, 15) is 9.90 Å². The lowest BCUT2D eigenvalue weighted by molar-refractivity contribution is -0.137. The van der Waals surface area contributed by atoms with Crippen LogP contribution in [0.15, 0.2) is 0 Å². The van der Waals surface area contributed by atoms with Crippen LogP contribution in [-0.4, -0.2) is 15.0 Å². The second-order valence-corrected chi connectivity index (χ2v) is 8.76. The molecule has 0 spiro atoms. The SMILES string of the molecule is CCCCCCCCCCCCCCC(C1CC1)C(I)C(=O)O. The van der Waals surface area contributed by atoms with Crippen molar-refractivity contribution in [1.82, 2.24) is 0 Å². The summed E-state index contributed by atoms with van der Waals surface area (Å²) in [6, 6.07) is 0. The fourth-order valence-electron chi connectivity index (χ4n) is 3.55. The fraction of sp³-hybridized carbons (Fsp3) is 0.950. The minimum atomic E-state index is -0.610. The molecule has 1 aliphatic rings. The molecular weight excluding hydrogens is 399 g/mol. The van der Waals surface area contributed by atoms with Crippen molar-refractivity contribution in [3.63, 3.8) is 0 Å². The van der Waals surface area contributed by atoms with Gasteiger partial charge in [-0.05, 0) is 31.1 Å². The molecule has 2 unspecified atom stereocenters. The van der Waals surface area contributed by atoms with E-state index < -0.39 is 5.97 Å². The molecule has 0 amide bonds. The van der Waals surface area contributed by atoms with Gasteiger partial charge in [-0.3, -0.25) is 4.79 Å². The van der Waals surface area contributed by atoms with Crippen LogP contribution >= 0.6 is 22.6 Å². The molecule has 0 heterocycles. The first-order chi connectivity index (χ1) is 11.2. The van der Waals surface area contributed by atoms with Crippen LogP contribution in [0.2, 0.25) is 0 Å². The number of halogens is 1. The van der Waals surface area contributed by atoms with E-state index >= 15 is 0 Å². The summed E-state index contributed by atoms with van der Waals surface area (Å²) in [6.07, 6.45) is 20.1. The van der Waals surface area contributed by atoms with Gasteiger partial charge < -0.3 is 5.11 Å². The second-order valence-electron chi connectivity index (χ2n) is 7.42. The molecule has 0 aromatic heterocycles. The lowest BCUT2D eigenvalue weighted by atomic mass is 9.92. The lowest BCUT2D eigenvalue weighted by Gasteiger charge is -2.19. The molecule has 1 aliphatic carbocycles. The van der Waals surface area contributed by atoms with E-state index in [0.717, 1.165) is 6.42 Å². The molecular formula is C20H37IO2. The number of hydrogen-bond acceptors (Lipinski definition) is 1. The van der Waals surface area contributed by atoms with Crippen molar-refractivity contribution in [1.29, 1.82) is 0 Å². The molecule has 0 bridgehead atoms. The topological polar surface area (TPSA) is 37.3 Å². The molecule has 1 fully saturated rings. The molecule has 1 rings (SSSR count). The lowest BCUT2D eigenvalue weighted by Crippen LogP contribution is -2.25. The van der Waals surface area contributed by atoms with Crippen molar-refractivity contribution < 1.29 is 9.90 Å². The molecule has 1 N–H and O–H groups in total. The van der Waals surface area contributed by atoms with Gasteiger partial charge in [0.15, 0.2) is 0 Å². The van der Waals surface area contributed by atoms with Crippen LogP contribution in [0.25, 0.3) is 0 Å². The summed E-state index contributed by atoms with van der Waals surface area (Å²) >= 11 is 2.14. The maximum Gasteiger partial charge on any atom is 0.316 e. The van der Waals surface area contributed by atoms with Gasteiger partial charge in [0.05, 0.1) is 0 Å². The standard InChI is InChI=1S/C20H37IO2/c1-2-3-4-5-6-7-8-9-10-11-12-13-14-18(17-15-16-17)19(21)20(22)23/h17-19H,2-16H2,1H3,(H,22,23). The highest BCUT2D eigenvalue weighted by Gasteiger charge is 2.37. The summed E-state index contributed by atoms with van der Waals surface area (Å²) in [5.41, 5.74) is 0. The van der Waals surface area contributed by atoms with Crippen LogP contribution in [0.1, 0.15) is 103 Å². The van der Waals surface area contributed by atoms with E-state index in [1.807, 2.05) is 0 Å². The van der Waals surface area contributed by atoms with Crippen LogP contribution in [-0.2, 0) is 4.79 Å². The van der Waals surface area contributed by atoms with Gasteiger partial charge >= 0.3 is 5.97 Å². The number of hydrogen-bond donors (Lipinski definition) is 1. The van der Waals surface area contributed by atoms with E-state index in [1.54, 1.807) is 0 Å². The van der Waals surface area contributed by atoms with E-state index in [4.69, 9.17) is 0 Å². The Bertz CT molecular complexity index is 302. The van der Waals surface area contributed by atoms with Crippen LogP contribution in [0, 0.1) is 11.8 Å². The van der Waals surface area contributed by atoms with Crippen molar-refractivity contribution in [2.45, 2.75) is 107 Å². The highest BCUT2D eigenvalue weighted by molar-refractivity contribution is 14.1. The van der Waals surface area contributed by atoms with Gasteiger partial charge in [0.1, 0.15) is 3.92 Å². The summed E-state index contributed by atoms with van der Waals surface area (Å²) in [5.74, 6) is 0.526. The predicted molar refractivity (Wildman–Crippen MR) is 107 cm³/mol. The molecule has 0 aromatic carbocycles. The van der Waals surface area contributed by atoms with Crippen molar-refractivity contribution in [3.05, 3.63) is 0 Å². The van der Waals surface area contributed by atoms with Crippen LogP contribution in [0.3, 0.4) is 0 Å². The molecule has 0 radical (unpaired) electrons. The highest BCUT2D eigenvalue weighted by atomic mass is 127. The Morgan fingerprint density at radius 1 is 0.913 bits per heavy atom. The first-order valence-electron chi connectivity index (χ1n) is 10.0. The molecule has 0 aromatic rings. The molecule has 1 saturated carbocycles. The predicted octanol–water partition coefficient (Wildman–Crippen LogP) is 6.99. The highest BCUT2D eigenvalue weighted by Crippen LogP contribution is 2.43. The second kappa shape index (κ2) is 13.5. The molecule has 2 nitrogen and oxygen atoms in total. The van der Waals surface area contributed by atoms with Gasteiger partial charge in [-0.1, -0.05) is 107 Å². The minimum Gasteiger partial charge on any atom is -0.480 e. The summed E-state index contributed by atoms with van der Waals surface area (Å²) in [7, 11) is 0. The quantitative estimate of drug-likeness (QED) is 0.161.